The number of piperidine rings is 1. The highest BCUT2D eigenvalue weighted by Gasteiger charge is 2.41. The summed E-state index contributed by atoms with van der Waals surface area (Å²) in [6, 6.07) is 7.34. The molecule has 1 N–H and O–H groups in total. The summed E-state index contributed by atoms with van der Waals surface area (Å²) in [7, 11) is 0. The summed E-state index contributed by atoms with van der Waals surface area (Å²) in [4.78, 5) is 30.9. The first-order valence-electron chi connectivity index (χ1n) is 12.2. The van der Waals surface area contributed by atoms with Gasteiger partial charge in [-0.2, -0.15) is 0 Å². The van der Waals surface area contributed by atoms with Gasteiger partial charge in [0.2, 0.25) is 5.91 Å². The maximum absolute atomic E-state index is 13.4. The number of amides is 2. The predicted octanol–water partition coefficient (Wildman–Crippen LogP) is 5.18. The molecule has 0 radical (unpaired) electrons. The summed E-state index contributed by atoms with van der Waals surface area (Å²) in [5.41, 5.74) is 0.481. The number of nitrogens with zero attached hydrogens (tertiary/aromatic N) is 2. The van der Waals surface area contributed by atoms with Gasteiger partial charge in [-0.3, -0.25) is 9.59 Å². The van der Waals surface area contributed by atoms with Crippen molar-refractivity contribution in [1.82, 2.24) is 15.1 Å². The van der Waals surface area contributed by atoms with Crippen LogP contribution in [0.2, 0.25) is 5.02 Å². The number of hydrogen-bond donors (Lipinski definition) is 1. The predicted molar refractivity (Wildman–Crippen MR) is 134 cm³/mol. The Morgan fingerprint density at radius 3 is 2.75 bits per heavy atom. The Kier molecular flexibility index (Phi) is 10.2. The molecule has 2 fully saturated rings. The number of nitrogens with one attached hydrogen (secondary N) is 1. The third-order valence-electron chi connectivity index (χ3n) is 6.65. The highest BCUT2D eigenvalue weighted by atomic mass is 35.5. The number of hydrogen-bond acceptors (Lipinski definition) is 4. The molecule has 0 aromatic heterocycles. The van der Waals surface area contributed by atoms with Crippen LogP contribution >= 0.6 is 23.4 Å². The molecule has 2 heterocycles. The molecular weight excluding hydrogens is 442 g/mol. The van der Waals surface area contributed by atoms with Crippen LogP contribution in [0.3, 0.4) is 0 Å². The van der Waals surface area contributed by atoms with E-state index in [2.05, 4.69) is 24.1 Å². The SMILES string of the molecule is CCCCCC1SCC(C(=O)NCCCN2CCCCC2C)N1C(=O)c1ccccc1Cl. The van der Waals surface area contributed by atoms with E-state index in [9.17, 15) is 9.59 Å². The number of carbonyl (C=O) groups excluding carboxylic acids is 2. The van der Waals surface area contributed by atoms with E-state index in [4.69, 9.17) is 11.6 Å². The molecule has 2 amide bonds. The molecular formula is C25H38ClN3O2S. The van der Waals surface area contributed by atoms with E-state index in [0.717, 1.165) is 45.2 Å². The van der Waals surface area contributed by atoms with E-state index < -0.39 is 6.04 Å². The lowest BCUT2D eigenvalue weighted by Crippen LogP contribution is -2.50. The fourth-order valence-corrected chi connectivity index (χ4v) is 6.37. The van der Waals surface area contributed by atoms with Gasteiger partial charge in [-0.1, -0.05) is 56.3 Å². The third kappa shape index (κ3) is 6.64. The van der Waals surface area contributed by atoms with E-state index in [1.165, 1.54) is 19.3 Å². The van der Waals surface area contributed by atoms with Crippen molar-refractivity contribution in [2.45, 2.75) is 82.7 Å². The van der Waals surface area contributed by atoms with Crippen LogP contribution in [-0.2, 0) is 4.79 Å². The molecule has 3 atom stereocenters. The Labute approximate surface area is 202 Å². The number of thioether (sulfide) groups is 1. The highest BCUT2D eigenvalue weighted by molar-refractivity contribution is 8.00. The molecule has 3 rings (SSSR count). The zero-order valence-electron chi connectivity index (χ0n) is 19.5. The van der Waals surface area contributed by atoms with Crippen molar-refractivity contribution in [1.29, 1.82) is 0 Å². The summed E-state index contributed by atoms with van der Waals surface area (Å²) >= 11 is 8.05. The quantitative estimate of drug-likeness (QED) is 0.469. The topological polar surface area (TPSA) is 52.7 Å². The van der Waals surface area contributed by atoms with Gasteiger partial charge in [-0.25, -0.2) is 0 Å². The van der Waals surface area contributed by atoms with E-state index in [1.807, 2.05) is 12.1 Å². The summed E-state index contributed by atoms with van der Waals surface area (Å²) in [6.45, 7) is 7.30. The van der Waals surface area contributed by atoms with Crippen molar-refractivity contribution < 1.29 is 9.59 Å². The fraction of sp³-hybridized carbons (Fsp3) is 0.680. The molecule has 0 bridgehead atoms. The first-order valence-corrected chi connectivity index (χ1v) is 13.7. The number of benzene rings is 1. The summed E-state index contributed by atoms with van der Waals surface area (Å²) in [6.07, 6.45) is 9.04. The smallest absolute Gasteiger partial charge is 0.256 e. The van der Waals surface area contributed by atoms with Crippen molar-refractivity contribution in [2.75, 3.05) is 25.4 Å². The largest absolute Gasteiger partial charge is 0.354 e. The second kappa shape index (κ2) is 12.9. The van der Waals surface area contributed by atoms with Gasteiger partial charge in [0.15, 0.2) is 0 Å². The number of likely N-dealkylation sites (tertiary alicyclic amines) is 1. The van der Waals surface area contributed by atoms with Gasteiger partial charge < -0.3 is 15.1 Å². The second-order valence-corrected chi connectivity index (χ2v) is 10.6. The molecule has 0 saturated carbocycles. The number of halogens is 1. The van der Waals surface area contributed by atoms with Crippen molar-refractivity contribution in [3.8, 4) is 0 Å². The molecule has 0 spiro atoms. The Morgan fingerprint density at radius 1 is 1.19 bits per heavy atom. The molecule has 2 aliphatic rings. The highest BCUT2D eigenvalue weighted by Crippen LogP contribution is 2.35. The molecule has 2 aliphatic heterocycles. The standard InChI is InChI=1S/C25H38ClN3O2S/c1-3-4-5-14-23-29(25(31)20-12-6-7-13-21(20)26)22(18-32-23)24(30)27-15-10-17-28-16-9-8-11-19(28)2/h6-7,12-13,19,22-23H,3-5,8-11,14-18H2,1-2H3,(H,27,30). The van der Waals surface area contributed by atoms with Gasteiger partial charge >= 0.3 is 0 Å². The van der Waals surface area contributed by atoms with E-state index in [-0.39, 0.29) is 17.2 Å². The van der Waals surface area contributed by atoms with Crippen LogP contribution in [-0.4, -0.2) is 64.5 Å². The lowest BCUT2D eigenvalue weighted by molar-refractivity contribution is -0.124. The Morgan fingerprint density at radius 2 is 2.00 bits per heavy atom. The molecule has 1 aromatic carbocycles. The van der Waals surface area contributed by atoms with Crippen molar-refractivity contribution in [3.05, 3.63) is 34.9 Å². The minimum absolute atomic E-state index is 0.0234. The first-order chi connectivity index (χ1) is 15.5. The summed E-state index contributed by atoms with van der Waals surface area (Å²) < 4.78 is 0. The van der Waals surface area contributed by atoms with Crippen molar-refractivity contribution in [3.63, 3.8) is 0 Å². The van der Waals surface area contributed by atoms with Gasteiger partial charge in [0, 0.05) is 24.9 Å². The Bertz CT molecular complexity index is 762. The normalized spacial score (nSPS) is 24.0. The van der Waals surface area contributed by atoms with Crippen molar-refractivity contribution >= 4 is 35.2 Å². The van der Waals surface area contributed by atoms with Crippen LogP contribution in [0, 0.1) is 0 Å². The molecule has 0 aliphatic carbocycles. The van der Waals surface area contributed by atoms with E-state index in [0.29, 0.717) is 28.9 Å². The summed E-state index contributed by atoms with van der Waals surface area (Å²) in [5, 5.41) is 3.58. The van der Waals surface area contributed by atoms with Crippen LogP contribution in [0.1, 0.15) is 75.6 Å². The zero-order chi connectivity index (χ0) is 22.9. The van der Waals surface area contributed by atoms with Gasteiger partial charge in [0.25, 0.3) is 5.91 Å². The van der Waals surface area contributed by atoms with E-state index in [1.54, 1.807) is 28.8 Å². The third-order valence-corrected chi connectivity index (χ3v) is 8.34. The maximum atomic E-state index is 13.4. The lowest BCUT2D eigenvalue weighted by Gasteiger charge is -2.33. The van der Waals surface area contributed by atoms with Crippen molar-refractivity contribution in [2.24, 2.45) is 0 Å². The van der Waals surface area contributed by atoms with Crippen LogP contribution < -0.4 is 5.32 Å². The van der Waals surface area contributed by atoms with Gasteiger partial charge in [-0.05, 0) is 51.3 Å². The molecule has 2 saturated heterocycles. The summed E-state index contributed by atoms with van der Waals surface area (Å²) in [5.74, 6) is 0.467. The molecule has 3 unspecified atom stereocenters. The average molecular weight is 480 g/mol. The molecule has 7 heteroatoms. The Hall–Kier alpha value is -1.24. The van der Waals surface area contributed by atoms with Crippen LogP contribution in [0.15, 0.2) is 24.3 Å². The average Bonchev–Trinajstić information content (AvgIpc) is 3.22. The lowest BCUT2D eigenvalue weighted by atomic mass is 10.0. The molecule has 32 heavy (non-hydrogen) atoms. The fourth-order valence-electron chi connectivity index (χ4n) is 4.70. The minimum Gasteiger partial charge on any atom is -0.354 e. The van der Waals surface area contributed by atoms with E-state index >= 15 is 0 Å². The zero-order valence-corrected chi connectivity index (χ0v) is 21.1. The molecule has 1 aromatic rings. The molecule has 178 valence electrons. The number of carbonyl (C=O) groups is 2. The maximum Gasteiger partial charge on any atom is 0.256 e. The first kappa shape index (κ1) is 25.4. The number of unbranched alkanes of at least 4 members (excludes halogenated alkanes) is 2. The Balaban J connectivity index is 1.60. The van der Waals surface area contributed by atoms with Crippen LogP contribution in [0.5, 0.6) is 0 Å². The number of rotatable bonds is 10. The second-order valence-electron chi connectivity index (χ2n) is 9.02. The minimum atomic E-state index is -0.440. The monoisotopic (exact) mass is 479 g/mol. The van der Waals surface area contributed by atoms with Crippen LogP contribution in [0.4, 0.5) is 0 Å². The van der Waals surface area contributed by atoms with Gasteiger partial charge in [-0.15, -0.1) is 11.8 Å². The van der Waals surface area contributed by atoms with Crippen LogP contribution in [0.25, 0.3) is 0 Å². The van der Waals surface area contributed by atoms with Gasteiger partial charge in [0.05, 0.1) is 16.0 Å². The molecule has 5 nitrogen and oxygen atoms in total. The van der Waals surface area contributed by atoms with Gasteiger partial charge in [0.1, 0.15) is 6.04 Å².